The van der Waals surface area contributed by atoms with Crippen LogP contribution in [0.4, 0.5) is 4.39 Å². The highest BCUT2D eigenvalue weighted by Gasteiger charge is 2.22. The summed E-state index contributed by atoms with van der Waals surface area (Å²) in [5.41, 5.74) is 6.82. The van der Waals surface area contributed by atoms with E-state index < -0.39 is 0 Å². The predicted molar refractivity (Wildman–Crippen MR) is 109 cm³/mol. The van der Waals surface area contributed by atoms with E-state index in [-0.39, 0.29) is 5.82 Å². The molecule has 5 heteroatoms. The number of nitrogens with zero attached hydrogens (tertiary/aromatic N) is 4. The van der Waals surface area contributed by atoms with Gasteiger partial charge in [0.05, 0.1) is 5.69 Å². The van der Waals surface area contributed by atoms with E-state index in [0.29, 0.717) is 0 Å². The average Bonchev–Trinajstić information content (AvgIpc) is 3.09. The predicted octanol–water partition coefficient (Wildman–Crippen LogP) is 5.53. The van der Waals surface area contributed by atoms with Gasteiger partial charge in [0, 0.05) is 47.5 Å². The Labute approximate surface area is 163 Å². The van der Waals surface area contributed by atoms with Crippen molar-refractivity contribution in [3.8, 4) is 33.6 Å². The van der Waals surface area contributed by atoms with Gasteiger partial charge in [-0.3, -0.25) is 14.6 Å². The summed E-state index contributed by atoms with van der Waals surface area (Å²) in [6.07, 6.45) is 6.34. The zero-order chi connectivity index (χ0) is 19.5. The Morgan fingerprint density at radius 2 is 1.61 bits per heavy atom. The molecule has 0 radical (unpaired) electrons. The second kappa shape index (κ2) is 7.72. The number of aromatic nitrogens is 4. The first-order valence-corrected chi connectivity index (χ1v) is 9.37. The molecule has 0 saturated carbocycles. The molecular formula is C23H21FN4. The maximum absolute atomic E-state index is 13.5. The molecule has 0 bridgehead atoms. The third-order valence-electron chi connectivity index (χ3n) is 4.64. The summed E-state index contributed by atoms with van der Waals surface area (Å²) in [5.74, 6) is -0.257. The monoisotopic (exact) mass is 372 g/mol. The van der Waals surface area contributed by atoms with Crippen molar-refractivity contribution in [2.24, 2.45) is 0 Å². The van der Waals surface area contributed by atoms with Gasteiger partial charge < -0.3 is 0 Å². The van der Waals surface area contributed by atoms with Gasteiger partial charge in [-0.05, 0) is 67.4 Å². The molecule has 3 heterocycles. The molecular weight excluding hydrogens is 351 g/mol. The SMILES string of the molecule is CCCn1nc(-c2ccc(F)cc2)c(-c2ccncc2)c1-c1ccnc(C)c1. The van der Waals surface area contributed by atoms with E-state index in [9.17, 15) is 4.39 Å². The highest BCUT2D eigenvalue weighted by Crippen LogP contribution is 2.40. The van der Waals surface area contributed by atoms with Gasteiger partial charge in [0.2, 0.25) is 0 Å². The minimum Gasteiger partial charge on any atom is -0.265 e. The van der Waals surface area contributed by atoms with E-state index in [1.807, 2.05) is 36.0 Å². The Kier molecular flexibility index (Phi) is 4.98. The van der Waals surface area contributed by atoms with Gasteiger partial charge in [0.25, 0.3) is 0 Å². The molecule has 140 valence electrons. The van der Waals surface area contributed by atoms with Gasteiger partial charge in [-0.1, -0.05) is 6.92 Å². The normalized spacial score (nSPS) is 11.0. The summed E-state index contributed by atoms with van der Waals surface area (Å²) >= 11 is 0. The fourth-order valence-corrected chi connectivity index (χ4v) is 3.42. The summed E-state index contributed by atoms with van der Waals surface area (Å²) < 4.78 is 15.5. The van der Waals surface area contributed by atoms with Gasteiger partial charge in [0.1, 0.15) is 11.5 Å². The highest BCUT2D eigenvalue weighted by molar-refractivity contribution is 5.91. The smallest absolute Gasteiger partial charge is 0.123 e. The Balaban J connectivity index is 2.04. The molecule has 0 N–H and O–H groups in total. The summed E-state index contributed by atoms with van der Waals surface area (Å²) in [6, 6.07) is 14.6. The maximum Gasteiger partial charge on any atom is 0.123 e. The minimum absolute atomic E-state index is 0.257. The van der Waals surface area contributed by atoms with Crippen molar-refractivity contribution in [1.82, 2.24) is 19.7 Å². The Morgan fingerprint density at radius 3 is 2.29 bits per heavy atom. The van der Waals surface area contributed by atoms with Crippen LogP contribution in [0.5, 0.6) is 0 Å². The van der Waals surface area contributed by atoms with Crippen LogP contribution in [0.15, 0.2) is 67.1 Å². The van der Waals surface area contributed by atoms with Crippen LogP contribution in [0, 0.1) is 12.7 Å². The second-order valence-electron chi connectivity index (χ2n) is 6.72. The maximum atomic E-state index is 13.5. The quantitative estimate of drug-likeness (QED) is 0.462. The standard InChI is InChI=1S/C23H21FN4/c1-3-14-28-23(19-10-13-26-16(2)15-19)21(17-8-11-25-12-9-17)22(27-28)18-4-6-20(24)7-5-18/h4-13,15H,3,14H2,1-2H3. The van der Waals surface area contributed by atoms with Gasteiger partial charge in [0.15, 0.2) is 0 Å². The Bertz CT molecular complexity index is 1090. The zero-order valence-electron chi connectivity index (χ0n) is 15.9. The summed E-state index contributed by atoms with van der Waals surface area (Å²) in [6.45, 7) is 4.90. The van der Waals surface area contributed by atoms with E-state index in [1.165, 1.54) is 12.1 Å². The molecule has 0 aliphatic carbocycles. The number of pyridine rings is 2. The lowest BCUT2D eigenvalue weighted by atomic mass is 9.96. The fraction of sp³-hybridized carbons (Fsp3) is 0.174. The molecule has 28 heavy (non-hydrogen) atoms. The van der Waals surface area contributed by atoms with Crippen molar-refractivity contribution < 1.29 is 4.39 Å². The van der Waals surface area contributed by atoms with Crippen LogP contribution in [0.3, 0.4) is 0 Å². The van der Waals surface area contributed by atoms with Crippen LogP contribution in [-0.2, 0) is 6.54 Å². The average molecular weight is 372 g/mol. The van der Waals surface area contributed by atoms with Crippen molar-refractivity contribution in [1.29, 1.82) is 0 Å². The van der Waals surface area contributed by atoms with Crippen LogP contribution >= 0.6 is 0 Å². The number of benzene rings is 1. The Morgan fingerprint density at radius 1 is 0.893 bits per heavy atom. The number of halogens is 1. The molecule has 0 aliphatic heterocycles. The lowest BCUT2D eigenvalue weighted by Crippen LogP contribution is -2.02. The van der Waals surface area contributed by atoms with Crippen molar-refractivity contribution >= 4 is 0 Å². The van der Waals surface area contributed by atoms with Crippen LogP contribution < -0.4 is 0 Å². The Hall–Kier alpha value is -3.34. The molecule has 4 rings (SSSR count). The topological polar surface area (TPSA) is 43.6 Å². The van der Waals surface area contributed by atoms with Gasteiger partial charge in [-0.15, -0.1) is 0 Å². The summed E-state index contributed by atoms with van der Waals surface area (Å²) in [4.78, 5) is 8.49. The number of hydrogen-bond donors (Lipinski definition) is 0. The number of rotatable bonds is 5. The van der Waals surface area contributed by atoms with Crippen LogP contribution in [0.25, 0.3) is 33.6 Å². The third kappa shape index (κ3) is 3.43. The lowest BCUT2D eigenvalue weighted by molar-refractivity contribution is 0.610. The lowest BCUT2D eigenvalue weighted by Gasteiger charge is -2.10. The number of hydrogen-bond acceptors (Lipinski definition) is 3. The molecule has 3 aromatic heterocycles. The summed E-state index contributed by atoms with van der Waals surface area (Å²) in [5, 5.41) is 4.94. The van der Waals surface area contributed by atoms with E-state index in [4.69, 9.17) is 5.10 Å². The van der Waals surface area contributed by atoms with Gasteiger partial charge in [-0.25, -0.2) is 4.39 Å². The second-order valence-corrected chi connectivity index (χ2v) is 6.72. The molecule has 0 amide bonds. The molecule has 4 nitrogen and oxygen atoms in total. The van der Waals surface area contributed by atoms with Crippen LogP contribution in [0.2, 0.25) is 0 Å². The molecule has 0 aliphatic rings. The fourth-order valence-electron chi connectivity index (χ4n) is 3.42. The van der Waals surface area contributed by atoms with Crippen LogP contribution in [0.1, 0.15) is 19.0 Å². The molecule has 0 unspecified atom stereocenters. The minimum atomic E-state index is -0.257. The molecule has 0 spiro atoms. The summed E-state index contributed by atoms with van der Waals surface area (Å²) in [7, 11) is 0. The first-order valence-electron chi connectivity index (χ1n) is 9.37. The van der Waals surface area contributed by atoms with Crippen molar-refractivity contribution in [3.63, 3.8) is 0 Å². The molecule has 1 aromatic carbocycles. The zero-order valence-corrected chi connectivity index (χ0v) is 15.9. The molecule has 0 atom stereocenters. The van der Waals surface area contributed by atoms with Crippen molar-refractivity contribution in [2.75, 3.05) is 0 Å². The largest absolute Gasteiger partial charge is 0.265 e. The van der Waals surface area contributed by atoms with Gasteiger partial charge >= 0.3 is 0 Å². The van der Waals surface area contributed by atoms with Crippen molar-refractivity contribution in [3.05, 3.63) is 78.6 Å². The first kappa shape index (κ1) is 18.0. The number of aryl methyl sites for hydroxylation is 2. The third-order valence-corrected chi connectivity index (χ3v) is 4.64. The van der Waals surface area contributed by atoms with E-state index in [1.54, 1.807) is 24.5 Å². The molecule has 0 fully saturated rings. The van der Waals surface area contributed by atoms with E-state index in [0.717, 1.165) is 52.3 Å². The van der Waals surface area contributed by atoms with Crippen molar-refractivity contribution in [2.45, 2.75) is 26.8 Å². The van der Waals surface area contributed by atoms with Gasteiger partial charge in [-0.2, -0.15) is 5.10 Å². The van der Waals surface area contributed by atoms with E-state index >= 15 is 0 Å². The highest BCUT2D eigenvalue weighted by atomic mass is 19.1. The van der Waals surface area contributed by atoms with E-state index in [2.05, 4.69) is 23.0 Å². The first-order chi connectivity index (χ1) is 13.7. The molecule has 4 aromatic rings. The van der Waals surface area contributed by atoms with Crippen LogP contribution in [-0.4, -0.2) is 19.7 Å². The molecule has 0 saturated heterocycles.